The van der Waals surface area contributed by atoms with Crippen LogP contribution in [-0.4, -0.2) is 43.4 Å². The molecule has 5 rings (SSSR count). The molecule has 5 aromatic rings. The lowest BCUT2D eigenvalue weighted by atomic mass is 10.0. The van der Waals surface area contributed by atoms with Crippen molar-refractivity contribution < 1.29 is 24.3 Å². The summed E-state index contributed by atoms with van der Waals surface area (Å²) < 4.78 is 1.18. The highest BCUT2D eigenvalue weighted by atomic mass is 16.4. The number of carbonyl (C=O) groups is 4. The molecule has 0 bridgehead atoms. The number of carboxylic acids is 1. The maximum Gasteiger partial charge on any atom is 0.335 e. The van der Waals surface area contributed by atoms with Gasteiger partial charge in [-0.25, -0.2) is 14.3 Å². The van der Waals surface area contributed by atoms with Crippen LogP contribution in [0.4, 0.5) is 17.1 Å². The van der Waals surface area contributed by atoms with E-state index in [2.05, 4.69) is 26.0 Å². The van der Waals surface area contributed by atoms with Crippen LogP contribution in [0.3, 0.4) is 0 Å². The van der Waals surface area contributed by atoms with E-state index in [9.17, 15) is 28.8 Å². The zero-order chi connectivity index (χ0) is 30.8. The number of anilines is 3. The van der Waals surface area contributed by atoms with Crippen LogP contribution in [0.25, 0.3) is 5.65 Å². The van der Waals surface area contributed by atoms with E-state index in [-0.39, 0.29) is 46.1 Å². The number of aromatic carboxylic acids is 1. The third kappa shape index (κ3) is 5.62. The lowest BCUT2D eigenvalue weighted by molar-refractivity contribution is -0.120. The van der Waals surface area contributed by atoms with Crippen LogP contribution in [-0.2, 0) is 11.3 Å². The highest BCUT2D eigenvalue weighted by Gasteiger charge is 2.25. The van der Waals surface area contributed by atoms with Crippen molar-refractivity contribution in [3.8, 4) is 0 Å². The van der Waals surface area contributed by atoms with Gasteiger partial charge in [-0.2, -0.15) is 5.10 Å². The number of carboxylic acid groups (broad SMARTS) is 1. The zero-order valence-corrected chi connectivity index (χ0v) is 22.0. The van der Waals surface area contributed by atoms with E-state index in [4.69, 9.17) is 16.6 Å². The second kappa shape index (κ2) is 11.2. The summed E-state index contributed by atoms with van der Waals surface area (Å²) in [4.78, 5) is 77.0. The molecular weight excluding hydrogens is 560 g/mol. The minimum atomic E-state index is -1.31. The standard InChI is InChI=1S/C28H22N8O7/c29-20-22(24(38)23(20)37)33-16-3-1-2-13(10-16)12-31-26(40)17-11-18(36-19(34-17)8-9-32-36)27(41)35-21(25(30)39)14-4-6-15(7-5-14)28(42)43/h1-11,21,33H,12,29H2,(H2,30,39)(H,31,40)(H,35,41)(H,42,43)/t21-/m1/s1. The van der Waals surface area contributed by atoms with Crippen LogP contribution < -0.4 is 38.3 Å². The summed E-state index contributed by atoms with van der Waals surface area (Å²) in [5.74, 6) is -3.49. The van der Waals surface area contributed by atoms with Crippen LogP contribution >= 0.6 is 0 Å². The first-order valence-electron chi connectivity index (χ1n) is 12.5. The predicted octanol–water partition coefficient (Wildman–Crippen LogP) is 0.236. The highest BCUT2D eigenvalue weighted by molar-refractivity contribution is 6.00. The number of rotatable bonds is 10. The van der Waals surface area contributed by atoms with Crippen molar-refractivity contribution >= 4 is 46.4 Å². The molecule has 0 aliphatic heterocycles. The molecular formula is C28H22N8O7. The molecule has 0 saturated carbocycles. The molecule has 15 nitrogen and oxygen atoms in total. The first-order chi connectivity index (χ1) is 20.5. The summed E-state index contributed by atoms with van der Waals surface area (Å²) in [5, 5.41) is 21.2. The van der Waals surface area contributed by atoms with Gasteiger partial charge in [0.1, 0.15) is 28.8 Å². The number of nitrogens with two attached hydrogens (primary N) is 2. The largest absolute Gasteiger partial charge is 0.478 e. The molecule has 0 aliphatic rings. The van der Waals surface area contributed by atoms with Crippen molar-refractivity contribution in [3.63, 3.8) is 0 Å². The molecule has 2 heterocycles. The summed E-state index contributed by atoms with van der Waals surface area (Å²) in [5.41, 5.74) is 10.8. The first-order valence-corrected chi connectivity index (χ1v) is 12.5. The number of carbonyl (C=O) groups excluding carboxylic acids is 3. The molecule has 0 fully saturated rings. The van der Waals surface area contributed by atoms with Crippen molar-refractivity contribution in [2.75, 3.05) is 11.1 Å². The van der Waals surface area contributed by atoms with Gasteiger partial charge in [0.25, 0.3) is 22.7 Å². The van der Waals surface area contributed by atoms with Crippen LogP contribution in [0.1, 0.15) is 48.5 Å². The van der Waals surface area contributed by atoms with Crippen molar-refractivity contribution in [3.05, 3.63) is 115 Å². The predicted molar refractivity (Wildman–Crippen MR) is 152 cm³/mol. The molecule has 0 aliphatic carbocycles. The van der Waals surface area contributed by atoms with E-state index in [1.165, 1.54) is 47.1 Å². The van der Waals surface area contributed by atoms with Crippen LogP contribution in [0.2, 0.25) is 0 Å². The summed E-state index contributed by atoms with van der Waals surface area (Å²) in [6, 6.07) is 13.3. The number of nitrogens with one attached hydrogen (secondary N) is 3. The highest BCUT2D eigenvalue weighted by Crippen LogP contribution is 2.20. The second-order valence-electron chi connectivity index (χ2n) is 9.32. The van der Waals surface area contributed by atoms with Crippen LogP contribution in [0.15, 0.2) is 76.4 Å². The van der Waals surface area contributed by atoms with E-state index >= 15 is 0 Å². The van der Waals surface area contributed by atoms with Crippen LogP contribution in [0.5, 0.6) is 0 Å². The number of nitrogens with zero attached hydrogens (tertiary/aromatic N) is 3. The van der Waals surface area contributed by atoms with Crippen molar-refractivity contribution in [1.29, 1.82) is 0 Å². The summed E-state index contributed by atoms with van der Waals surface area (Å²) in [7, 11) is 0. The number of nitrogen functional groups attached to an aromatic ring is 1. The zero-order valence-electron chi connectivity index (χ0n) is 22.0. The normalized spacial score (nSPS) is 11.6. The molecule has 43 heavy (non-hydrogen) atoms. The Balaban J connectivity index is 1.33. The quantitative estimate of drug-likeness (QED) is 0.122. The average molecular weight is 583 g/mol. The SMILES string of the molecule is NC(=O)[C@H](NC(=O)c1cc(C(=O)NCc2cccc(Nc3c(N)c(=O)c3=O)c2)nc2ccnn12)c1ccc(C(=O)O)cc1. The molecule has 15 heteroatoms. The summed E-state index contributed by atoms with van der Waals surface area (Å²) in [6.07, 6.45) is 1.37. The minimum absolute atomic E-state index is 0.00570. The Bertz CT molecular complexity index is 1990. The van der Waals surface area contributed by atoms with E-state index < -0.39 is 40.6 Å². The molecule has 8 N–H and O–H groups in total. The Labute approximate surface area is 240 Å². The molecule has 1 atom stereocenters. The van der Waals surface area contributed by atoms with E-state index in [1.807, 2.05) is 0 Å². The fraction of sp³-hybridized carbons (Fsp3) is 0.0714. The number of benzene rings is 2. The Morgan fingerprint density at radius 1 is 0.953 bits per heavy atom. The van der Waals surface area contributed by atoms with Gasteiger partial charge >= 0.3 is 5.97 Å². The fourth-order valence-corrected chi connectivity index (χ4v) is 4.24. The van der Waals surface area contributed by atoms with E-state index in [0.717, 1.165) is 0 Å². The summed E-state index contributed by atoms with van der Waals surface area (Å²) >= 11 is 0. The fourth-order valence-electron chi connectivity index (χ4n) is 4.24. The number of fused-ring (bicyclic) bond motifs is 1. The molecule has 0 saturated heterocycles. The smallest absolute Gasteiger partial charge is 0.335 e. The third-order valence-corrected chi connectivity index (χ3v) is 6.47. The van der Waals surface area contributed by atoms with Gasteiger partial charge in [0.2, 0.25) is 5.91 Å². The lowest BCUT2D eigenvalue weighted by Gasteiger charge is -2.17. The molecule has 0 unspecified atom stereocenters. The molecule has 216 valence electrons. The number of hydrogen-bond donors (Lipinski definition) is 6. The molecule has 2 aromatic heterocycles. The first kappa shape index (κ1) is 28.2. The molecule has 3 aromatic carbocycles. The Morgan fingerprint density at radius 2 is 1.70 bits per heavy atom. The van der Waals surface area contributed by atoms with Crippen LogP contribution in [0, 0.1) is 0 Å². The van der Waals surface area contributed by atoms with Gasteiger partial charge in [-0.05, 0) is 35.4 Å². The second-order valence-corrected chi connectivity index (χ2v) is 9.32. The van der Waals surface area contributed by atoms with E-state index in [1.54, 1.807) is 24.3 Å². The molecule has 3 amide bonds. The van der Waals surface area contributed by atoms with Crippen molar-refractivity contribution in [2.45, 2.75) is 12.6 Å². The topological polar surface area (TPSA) is 241 Å². The Hall–Kier alpha value is -6.38. The number of aromatic nitrogens is 3. The van der Waals surface area contributed by atoms with Gasteiger partial charge in [-0.3, -0.25) is 24.0 Å². The number of hydrogen-bond acceptors (Lipinski definition) is 10. The monoisotopic (exact) mass is 582 g/mol. The van der Waals surface area contributed by atoms with Gasteiger partial charge in [-0.15, -0.1) is 0 Å². The number of primary amides is 1. The average Bonchev–Trinajstić information content (AvgIpc) is 3.49. The van der Waals surface area contributed by atoms with E-state index in [0.29, 0.717) is 11.3 Å². The Morgan fingerprint density at radius 3 is 2.37 bits per heavy atom. The van der Waals surface area contributed by atoms with Gasteiger partial charge < -0.3 is 32.5 Å². The summed E-state index contributed by atoms with van der Waals surface area (Å²) in [6.45, 7) is 0.0412. The van der Waals surface area contributed by atoms with Crippen molar-refractivity contribution in [2.24, 2.45) is 5.73 Å². The van der Waals surface area contributed by atoms with Gasteiger partial charge in [0, 0.05) is 24.4 Å². The number of amides is 3. The maximum atomic E-state index is 13.3. The van der Waals surface area contributed by atoms with Gasteiger partial charge in [0.05, 0.1) is 11.8 Å². The third-order valence-electron chi connectivity index (χ3n) is 6.47. The van der Waals surface area contributed by atoms with Gasteiger partial charge in [0.15, 0.2) is 5.65 Å². The molecule has 0 radical (unpaired) electrons. The lowest BCUT2D eigenvalue weighted by Crippen LogP contribution is -2.38. The maximum absolute atomic E-state index is 13.3. The Kier molecular flexibility index (Phi) is 7.36. The molecule has 0 spiro atoms. The van der Waals surface area contributed by atoms with Gasteiger partial charge in [-0.1, -0.05) is 24.3 Å². The minimum Gasteiger partial charge on any atom is -0.478 e. The van der Waals surface area contributed by atoms with Crippen molar-refractivity contribution in [1.82, 2.24) is 25.2 Å².